The van der Waals surface area contributed by atoms with Crippen molar-refractivity contribution in [1.82, 2.24) is 4.90 Å². The van der Waals surface area contributed by atoms with Gasteiger partial charge < -0.3 is 0 Å². The number of benzene rings is 2. The van der Waals surface area contributed by atoms with Gasteiger partial charge in [0.15, 0.2) is 0 Å². The van der Waals surface area contributed by atoms with E-state index in [1.54, 1.807) is 11.1 Å². The second-order valence-corrected chi connectivity index (χ2v) is 7.18. The van der Waals surface area contributed by atoms with Crippen LogP contribution in [0.5, 0.6) is 0 Å². The summed E-state index contributed by atoms with van der Waals surface area (Å²) < 4.78 is 0. The van der Waals surface area contributed by atoms with E-state index in [1.165, 1.54) is 36.8 Å². The van der Waals surface area contributed by atoms with Crippen LogP contribution in [0.3, 0.4) is 0 Å². The maximum Gasteiger partial charge on any atom is 0.0406 e. The van der Waals surface area contributed by atoms with Crippen LogP contribution in [0.15, 0.2) is 42.5 Å². The van der Waals surface area contributed by atoms with Gasteiger partial charge in [-0.1, -0.05) is 48.4 Å². The molecule has 0 saturated heterocycles. The number of hydrogen-bond acceptors (Lipinski definition) is 1. The van der Waals surface area contributed by atoms with Crippen LogP contribution in [-0.2, 0) is 19.5 Å². The maximum absolute atomic E-state index is 5.96. The largest absolute Gasteiger partial charge is 0.294 e. The van der Waals surface area contributed by atoms with E-state index >= 15 is 0 Å². The minimum Gasteiger partial charge on any atom is -0.294 e. The monoisotopic (exact) mass is 311 g/mol. The van der Waals surface area contributed by atoms with Gasteiger partial charge >= 0.3 is 0 Å². The van der Waals surface area contributed by atoms with Crippen molar-refractivity contribution < 1.29 is 0 Å². The van der Waals surface area contributed by atoms with Crippen molar-refractivity contribution in [3.05, 3.63) is 69.7 Å². The molecule has 114 valence electrons. The molecule has 1 fully saturated rings. The van der Waals surface area contributed by atoms with Gasteiger partial charge in [0.25, 0.3) is 0 Å². The summed E-state index contributed by atoms with van der Waals surface area (Å²) in [5.74, 6) is 0.845. The van der Waals surface area contributed by atoms with Crippen LogP contribution in [-0.4, -0.2) is 11.4 Å². The van der Waals surface area contributed by atoms with Gasteiger partial charge in [0.1, 0.15) is 0 Å². The average molecular weight is 312 g/mol. The van der Waals surface area contributed by atoms with Gasteiger partial charge in [-0.25, -0.2) is 0 Å². The van der Waals surface area contributed by atoms with E-state index in [0.29, 0.717) is 0 Å². The number of hydrogen-bond donors (Lipinski definition) is 0. The van der Waals surface area contributed by atoms with Gasteiger partial charge in [-0.3, -0.25) is 4.90 Å². The summed E-state index contributed by atoms with van der Waals surface area (Å²) in [6, 6.07) is 15.5. The molecule has 4 rings (SSSR count). The Morgan fingerprint density at radius 2 is 1.82 bits per heavy atom. The molecule has 0 unspecified atom stereocenters. The van der Waals surface area contributed by atoms with Gasteiger partial charge in [0, 0.05) is 24.7 Å². The summed E-state index contributed by atoms with van der Waals surface area (Å²) >= 11 is 5.96. The number of nitrogens with zero attached hydrogens (tertiary/aromatic N) is 1. The molecule has 0 aromatic heterocycles. The van der Waals surface area contributed by atoms with Crippen LogP contribution in [0.1, 0.15) is 47.4 Å². The van der Waals surface area contributed by atoms with Crippen molar-refractivity contribution in [1.29, 1.82) is 0 Å². The summed E-state index contributed by atoms with van der Waals surface area (Å²) in [6.45, 7) is 3.24. The molecule has 0 spiro atoms. The van der Waals surface area contributed by atoms with Crippen LogP contribution in [0.4, 0.5) is 0 Å². The first-order valence-electron chi connectivity index (χ1n) is 8.36. The summed E-state index contributed by atoms with van der Waals surface area (Å²) in [5.41, 5.74) is 6.02. The molecule has 1 nitrogen and oxygen atoms in total. The van der Waals surface area contributed by atoms with E-state index in [0.717, 1.165) is 30.6 Å². The molecular weight excluding hydrogens is 290 g/mol. The van der Waals surface area contributed by atoms with Crippen molar-refractivity contribution in [3.63, 3.8) is 0 Å². The molecule has 0 radical (unpaired) electrons. The van der Waals surface area contributed by atoms with Crippen molar-refractivity contribution >= 4 is 11.6 Å². The van der Waals surface area contributed by atoms with Gasteiger partial charge in [-0.2, -0.15) is 0 Å². The summed E-state index contributed by atoms with van der Waals surface area (Å²) in [6.07, 6.45) is 5.38. The Bertz CT molecular complexity index is 658. The lowest BCUT2D eigenvalue weighted by molar-refractivity contribution is 0.245. The highest BCUT2D eigenvalue weighted by Gasteiger charge is 2.22. The first kappa shape index (κ1) is 14.3. The van der Waals surface area contributed by atoms with Crippen LogP contribution >= 0.6 is 11.6 Å². The molecule has 0 amide bonds. The fraction of sp³-hybridized carbons (Fsp3) is 0.400. The normalized spacial score (nSPS) is 18.8. The molecule has 1 aliphatic heterocycles. The van der Waals surface area contributed by atoms with Crippen LogP contribution in [0.2, 0.25) is 5.02 Å². The number of halogens is 1. The smallest absolute Gasteiger partial charge is 0.0406 e. The van der Waals surface area contributed by atoms with E-state index in [9.17, 15) is 0 Å². The van der Waals surface area contributed by atoms with Gasteiger partial charge in [0.2, 0.25) is 0 Å². The lowest BCUT2D eigenvalue weighted by Gasteiger charge is -2.31. The minimum absolute atomic E-state index is 0.816. The SMILES string of the molecule is Clc1ccc(CN2CCc3cc(C4CCC4)ccc3C2)cc1. The zero-order valence-electron chi connectivity index (χ0n) is 12.9. The second kappa shape index (κ2) is 6.06. The van der Waals surface area contributed by atoms with E-state index < -0.39 is 0 Å². The Kier molecular flexibility index (Phi) is 3.94. The molecule has 1 saturated carbocycles. The van der Waals surface area contributed by atoms with Crippen molar-refractivity contribution in [2.24, 2.45) is 0 Å². The molecule has 1 aliphatic carbocycles. The minimum atomic E-state index is 0.816. The van der Waals surface area contributed by atoms with Crippen LogP contribution in [0.25, 0.3) is 0 Å². The first-order valence-corrected chi connectivity index (χ1v) is 8.74. The highest BCUT2D eigenvalue weighted by atomic mass is 35.5. The van der Waals surface area contributed by atoms with Crippen molar-refractivity contribution in [2.45, 2.75) is 44.7 Å². The van der Waals surface area contributed by atoms with Crippen LogP contribution < -0.4 is 0 Å². The second-order valence-electron chi connectivity index (χ2n) is 6.74. The molecule has 1 heterocycles. The van der Waals surface area contributed by atoms with E-state index in [4.69, 9.17) is 11.6 Å². The van der Waals surface area contributed by atoms with E-state index in [1.807, 2.05) is 12.1 Å². The van der Waals surface area contributed by atoms with E-state index in [2.05, 4.69) is 35.2 Å². The standard InChI is InChI=1S/C20H22ClN/c21-20-8-4-15(5-9-20)13-22-11-10-18-12-17(16-2-1-3-16)6-7-19(18)14-22/h4-9,12,16H,1-3,10-11,13-14H2. The molecule has 2 heteroatoms. The quantitative estimate of drug-likeness (QED) is 0.756. The predicted octanol–water partition coefficient (Wildman–Crippen LogP) is 5.17. The Labute approximate surface area is 137 Å². The molecule has 2 aliphatic rings. The fourth-order valence-corrected chi connectivity index (χ4v) is 3.74. The lowest BCUT2D eigenvalue weighted by atomic mass is 9.79. The third-order valence-electron chi connectivity index (χ3n) is 5.22. The maximum atomic E-state index is 5.96. The third kappa shape index (κ3) is 2.93. The summed E-state index contributed by atoms with van der Waals surface area (Å²) in [5, 5.41) is 0.816. The van der Waals surface area contributed by atoms with Crippen LogP contribution in [0, 0.1) is 0 Å². The fourth-order valence-electron chi connectivity index (χ4n) is 3.61. The average Bonchev–Trinajstić information content (AvgIpc) is 2.48. The molecule has 2 aromatic rings. The zero-order valence-corrected chi connectivity index (χ0v) is 13.6. The third-order valence-corrected chi connectivity index (χ3v) is 5.47. The molecule has 0 N–H and O–H groups in total. The Balaban J connectivity index is 1.46. The molecule has 2 aromatic carbocycles. The Morgan fingerprint density at radius 1 is 1.00 bits per heavy atom. The molecule has 0 atom stereocenters. The molecular formula is C20H22ClN. The first-order chi connectivity index (χ1) is 10.8. The zero-order chi connectivity index (χ0) is 14.9. The Morgan fingerprint density at radius 3 is 2.55 bits per heavy atom. The summed E-state index contributed by atoms with van der Waals surface area (Å²) in [4.78, 5) is 2.54. The molecule has 22 heavy (non-hydrogen) atoms. The van der Waals surface area contributed by atoms with E-state index in [-0.39, 0.29) is 0 Å². The molecule has 0 bridgehead atoms. The highest BCUT2D eigenvalue weighted by molar-refractivity contribution is 6.30. The van der Waals surface area contributed by atoms with Gasteiger partial charge in [-0.05, 0) is 59.6 Å². The lowest BCUT2D eigenvalue weighted by Crippen LogP contribution is -2.30. The predicted molar refractivity (Wildman–Crippen MR) is 92.3 cm³/mol. The Hall–Kier alpha value is -1.31. The highest BCUT2D eigenvalue weighted by Crippen LogP contribution is 2.37. The topological polar surface area (TPSA) is 3.24 Å². The van der Waals surface area contributed by atoms with Gasteiger partial charge in [0.05, 0.1) is 0 Å². The summed E-state index contributed by atoms with van der Waals surface area (Å²) in [7, 11) is 0. The van der Waals surface area contributed by atoms with Crippen molar-refractivity contribution in [3.8, 4) is 0 Å². The number of rotatable bonds is 3. The van der Waals surface area contributed by atoms with Gasteiger partial charge in [-0.15, -0.1) is 0 Å². The number of fused-ring (bicyclic) bond motifs is 1. The van der Waals surface area contributed by atoms with Crippen molar-refractivity contribution in [2.75, 3.05) is 6.54 Å².